The zero-order valence-electron chi connectivity index (χ0n) is 12.5. The van der Waals surface area contributed by atoms with Crippen LogP contribution in [-0.4, -0.2) is 31.6 Å². The highest BCUT2D eigenvalue weighted by molar-refractivity contribution is 7.09. The fourth-order valence-electron chi connectivity index (χ4n) is 2.06. The third-order valence-corrected chi connectivity index (χ3v) is 4.10. The number of benzene rings is 1. The van der Waals surface area contributed by atoms with E-state index in [0.717, 1.165) is 4.88 Å². The van der Waals surface area contributed by atoms with Gasteiger partial charge >= 0.3 is 0 Å². The summed E-state index contributed by atoms with van der Waals surface area (Å²) in [6.07, 6.45) is 0. The third-order valence-electron chi connectivity index (χ3n) is 3.23. The van der Waals surface area contributed by atoms with Gasteiger partial charge in [-0.25, -0.2) is 0 Å². The first-order valence-corrected chi connectivity index (χ1v) is 7.61. The van der Waals surface area contributed by atoms with E-state index in [9.17, 15) is 4.79 Å². The Kier molecular flexibility index (Phi) is 5.22. The molecule has 0 radical (unpaired) electrons. The Hall–Kier alpha value is -2.01. The van der Waals surface area contributed by atoms with Gasteiger partial charge in [0.05, 0.1) is 26.3 Å². The maximum atomic E-state index is 12.7. The highest BCUT2D eigenvalue weighted by atomic mass is 32.1. The molecule has 2 aromatic rings. The van der Waals surface area contributed by atoms with E-state index in [4.69, 9.17) is 9.47 Å². The Labute approximate surface area is 128 Å². The van der Waals surface area contributed by atoms with Crippen molar-refractivity contribution in [2.45, 2.75) is 13.5 Å². The molecular formula is C16H19NO3S. The average molecular weight is 305 g/mol. The van der Waals surface area contributed by atoms with Gasteiger partial charge in [0.15, 0.2) is 0 Å². The molecule has 0 aliphatic rings. The van der Waals surface area contributed by atoms with E-state index in [2.05, 4.69) is 0 Å². The van der Waals surface area contributed by atoms with E-state index in [0.29, 0.717) is 30.2 Å². The Morgan fingerprint density at radius 2 is 2.05 bits per heavy atom. The van der Waals surface area contributed by atoms with E-state index in [1.165, 1.54) is 0 Å². The molecule has 0 unspecified atom stereocenters. The minimum Gasteiger partial charge on any atom is -0.497 e. The zero-order valence-corrected chi connectivity index (χ0v) is 13.3. The van der Waals surface area contributed by atoms with Crippen molar-refractivity contribution >= 4 is 17.2 Å². The third kappa shape index (κ3) is 3.55. The van der Waals surface area contributed by atoms with Crippen LogP contribution in [0.4, 0.5) is 0 Å². The quantitative estimate of drug-likeness (QED) is 0.821. The predicted molar refractivity (Wildman–Crippen MR) is 84.3 cm³/mol. The molecule has 0 bridgehead atoms. The SMILES string of the molecule is CCN(Cc1cccs1)C(=O)c1ccc(OC)cc1OC. The summed E-state index contributed by atoms with van der Waals surface area (Å²) in [6.45, 7) is 3.23. The second kappa shape index (κ2) is 7.13. The number of ether oxygens (including phenoxy) is 2. The molecule has 0 fully saturated rings. The number of carbonyl (C=O) groups is 1. The Morgan fingerprint density at radius 3 is 2.62 bits per heavy atom. The summed E-state index contributed by atoms with van der Waals surface area (Å²) in [7, 11) is 3.15. The van der Waals surface area contributed by atoms with Crippen molar-refractivity contribution in [3.05, 3.63) is 46.2 Å². The molecule has 1 heterocycles. The maximum Gasteiger partial charge on any atom is 0.257 e. The molecule has 1 amide bonds. The lowest BCUT2D eigenvalue weighted by Crippen LogP contribution is -2.30. The molecule has 0 saturated carbocycles. The number of amides is 1. The Bertz CT molecular complexity index is 596. The second-order valence-corrected chi connectivity index (χ2v) is 5.50. The van der Waals surface area contributed by atoms with Crippen LogP contribution in [0.1, 0.15) is 22.2 Å². The molecule has 0 spiro atoms. The standard InChI is InChI=1S/C16H19NO3S/c1-4-17(11-13-6-5-9-21-13)16(18)14-8-7-12(19-2)10-15(14)20-3/h5-10H,4,11H2,1-3H3. The van der Waals surface area contributed by atoms with Gasteiger partial charge in [-0.2, -0.15) is 0 Å². The first-order chi connectivity index (χ1) is 10.2. The zero-order chi connectivity index (χ0) is 15.2. The lowest BCUT2D eigenvalue weighted by Gasteiger charge is -2.21. The van der Waals surface area contributed by atoms with Crippen molar-refractivity contribution in [2.24, 2.45) is 0 Å². The van der Waals surface area contributed by atoms with Crippen LogP contribution in [0.25, 0.3) is 0 Å². The predicted octanol–water partition coefficient (Wildman–Crippen LogP) is 3.43. The molecule has 112 valence electrons. The molecule has 0 aliphatic carbocycles. The lowest BCUT2D eigenvalue weighted by molar-refractivity contribution is 0.0750. The molecule has 0 aliphatic heterocycles. The van der Waals surface area contributed by atoms with E-state index >= 15 is 0 Å². The van der Waals surface area contributed by atoms with Crippen molar-refractivity contribution in [2.75, 3.05) is 20.8 Å². The number of methoxy groups -OCH3 is 2. The van der Waals surface area contributed by atoms with Gasteiger partial charge in [-0.1, -0.05) is 6.07 Å². The van der Waals surface area contributed by atoms with E-state index < -0.39 is 0 Å². The molecule has 2 rings (SSSR count). The number of nitrogens with zero attached hydrogens (tertiary/aromatic N) is 1. The van der Waals surface area contributed by atoms with Crippen LogP contribution >= 0.6 is 11.3 Å². The highest BCUT2D eigenvalue weighted by Gasteiger charge is 2.19. The summed E-state index contributed by atoms with van der Waals surface area (Å²) in [5.41, 5.74) is 0.553. The summed E-state index contributed by atoms with van der Waals surface area (Å²) in [4.78, 5) is 15.7. The van der Waals surface area contributed by atoms with Crippen LogP contribution in [0.15, 0.2) is 35.7 Å². The van der Waals surface area contributed by atoms with Crippen LogP contribution in [0, 0.1) is 0 Å². The molecule has 4 nitrogen and oxygen atoms in total. The fourth-order valence-corrected chi connectivity index (χ4v) is 2.78. The van der Waals surface area contributed by atoms with Crippen LogP contribution in [0.2, 0.25) is 0 Å². The van der Waals surface area contributed by atoms with E-state index in [1.54, 1.807) is 48.7 Å². The fraction of sp³-hybridized carbons (Fsp3) is 0.312. The summed E-state index contributed by atoms with van der Waals surface area (Å²) >= 11 is 1.65. The Morgan fingerprint density at radius 1 is 1.24 bits per heavy atom. The maximum absolute atomic E-state index is 12.7. The Balaban J connectivity index is 2.24. The van der Waals surface area contributed by atoms with Gasteiger partial charge in [0.2, 0.25) is 0 Å². The van der Waals surface area contributed by atoms with Gasteiger partial charge in [0, 0.05) is 17.5 Å². The number of rotatable bonds is 6. The van der Waals surface area contributed by atoms with Crippen molar-refractivity contribution in [3.63, 3.8) is 0 Å². The molecule has 5 heteroatoms. The summed E-state index contributed by atoms with van der Waals surface area (Å²) in [5, 5.41) is 2.02. The number of carbonyl (C=O) groups excluding carboxylic acids is 1. The van der Waals surface area contributed by atoms with Crippen molar-refractivity contribution in [1.29, 1.82) is 0 Å². The first-order valence-electron chi connectivity index (χ1n) is 6.73. The number of hydrogen-bond acceptors (Lipinski definition) is 4. The minimum absolute atomic E-state index is 0.0367. The average Bonchev–Trinajstić information content (AvgIpc) is 3.04. The van der Waals surface area contributed by atoms with Gasteiger partial charge in [-0.3, -0.25) is 4.79 Å². The normalized spacial score (nSPS) is 10.2. The second-order valence-electron chi connectivity index (χ2n) is 4.46. The van der Waals surface area contributed by atoms with Crippen LogP contribution in [-0.2, 0) is 6.54 Å². The summed E-state index contributed by atoms with van der Waals surface area (Å²) in [5.74, 6) is 1.17. The van der Waals surface area contributed by atoms with Gasteiger partial charge in [0.1, 0.15) is 11.5 Å². The lowest BCUT2D eigenvalue weighted by atomic mass is 10.1. The molecule has 1 aromatic carbocycles. The molecule has 0 saturated heterocycles. The number of hydrogen-bond donors (Lipinski definition) is 0. The van der Waals surface area contributed by atoms with Crippen molar-refractivity contribution in [3.8, 4) is 11.5 Å². The largest absolute Gasteiger partial charge is 0.497 e. The van der Waals surface area contributed by atoms with E-state index in [1.807, 2.05) is 24.4 Å². The van der Waals surface area contributed by atoms with Crippen molar-refractivity contribution in [1.82, 2.24) is 4.90 Å². The number of thiophene rings is 1. The molecule has 0 atom stereocenters. The minimum atomic E-state index is -0.0367. The smallest absolute Gasteiger partial charge is 0.257 e. The summed E-state index contributed by atoms with van der Waals surface area (Å²) in [6, 6.07) is 9.27. The summed E-state index contributed by atoms with van der Waals surface area (Å²) < 4.78 is 10.5. The monoisotopic (exact) mass is 305 g/mol. The van der Waals surface area contributed by atoms with Gasteiger partial charge in [0.25, 0.3) is 5.91 Å². The van der Waals surface area contributed by atoms with Gasteiger partial charge in [-0.05, 0) is 30.5 Å². The molecule has 1 aromatic heterocycles. The molecule has 0 N–H and O–H groups in total. The van der Waals surface area contributed by atoms with Crippen LogP contribution in [0.3, 0.4) is 0 Å². The first kappa shape index (κ1) is 15.4. The van der Waals surface area contributed by atoms with Crippen LogP contribution < -0.4 is 9.47 Å². The van der Waals surface area contributed by atoms with E-state index in [-0.39, 0.29) is 5.91 Å². The van der Waals surface area contributed by atoms with Crippen molar-refractivity contribution < 1.29 is 14.3 Å². The molecular weight excluding hydrogens is 286 g/mol. The topological polar surface area (TPSA) is 38.8 Å². The van der Waals surface area contributed by atoms with Gasteiger partial charge < -0.3 is 14.4 Å². The molecule has 21 heavy (non-hydrogen) atoms. The van der Waals surface area contributed by atoms with Crippen LogP contribution in [0.5, 0.6) is 11.5 Å². The van der Waals surface area contributed by atoms with Gasteiger partial charge in [-0.15, -0.1) is 11.3 Å². The highest BCUT2D eigenvalue weighted by Crippen LogP contribution is 2.26.